The highest BCUT2D eigenvalue weighted by Gasteiger charge is 2.50. The molecule has 0 unspecified atom stereocenters. The zero-order valence-electron chi connectivity index (χ0n) is 21.6. The third-order valence-electron chi connectivity index (χ3n) is 7.99. The number of anilines is 2. The van der Waals surface area contributed by atoms with Gasteiger partial charge in [0.2, 0.25) is 0 Å². The standard InChI is InChI=1S/C29H37FN2O5/c1-3-36-23-10-11-24(30)25(16-23)31-14-12-22(13-15-31)37-21-8-6-20(7-9-21)32-18-27(35-2)29(19-4-5-19)26(32)17-28(33)34/h6-11,16,19,22,26-27,29H,3-5,12-15,17-18H2,1-2H3,(H,33,34)/t26-,27-,29-/m0/s1. The Morgan fingerprint density at radius 1 is 1.05 bits per heavy atom. The fourth-order valence-electron chi connectivity index (χ4n) is 6.07. The van der Waals surface area contributed by atoms with Gasteiger partial charge in [0.25, 0.3) is 0 Å². The third-order valence-corrected chi connectivity index (χ3v) is 7.99. The number of halogens is 1. The quantitative estimate of drug-likeness (QED) is 0.482. The lowest BCUT2D eigenvalue weighted by atomic mass is 9.90. The van der Waals surface area contributed by atoms with Gasteiger partial charge in [0, 0.05) is 63.3 Å². The van der Waals surface area contributed by atoms with Gasteiger partial charge >= 0.3 is 5.97 Å². The van der Waals surface area contributed by atoms with Crippen LogP contribution in [0, 0.1) is 17.7 Å². The first-order valence-electron chi connectivity index (χ1n) is 13.4. The van der Waals surface area contributed by atoms with Gasteiger partial charge in [-0.2, -0.15) is 0 Å². The van der Waals surface area contributed by atoms with E-state index in [-0.39, 0.29) is 36.4 Å². The Labute approximate surface area is 218 Å². The molecule has 2 saturated heterocycles. The maximum atomic E-state index is 14.4. The van der Waals surface area contributed by atoms with Crippen LogP contribution in [0.5, 0.6) is 11.5 Å². The number of carboxylic acid groups (broad SMARTS) is 1. The molecule has 0 radical (unpaired) electrons. The molecule has 37 heavy (non-hydrogen) atoms. The molecule has 1 saturated carbocycles. The van der Waals surface area contributed by atoms with Gasteiger partial charge in [-0.1, -0.05) is 0 Å². The minimum atomic E-state index is -0.770. The van der Waals surface area contributed by atoms with E-state index < -0.39 is 5.97 Å². The molecule has 1 N–H and O–H groups in total. The van der Waals surface area contributed by atoms with Gasteiger partial charge in [-0.25, -0.2) is 4.39 Å². The summed E-state index contributed by atoms with van der Waals surface area (Å²) in [7, 11) is 1.73. The lowest BCUT2D eigenvalue weighted by Gasteiger charge is -2.34. The lowest BCUT2D eigenvalue weighted by molar-refractivity contribution is -0.137. The fourth-order valence-corrected chi connectivity index (χ4v) is 6.07. The maximum absolute atomic E-state index is 14.4. The summed E-state index contributed by atoms with van der Waals surface area (Å²) in [6.07, 6.45) is 4.14. The van der Waals surface area contributed by atoms with Gasteiger partial charge < -0.3 is 29.1 Å². The number of hydrogen-bond acceptors (Lipinski definition) is 6. The van der Waals surface area contributed by atoms with Crippen molar-refractivity contribution in [3.8, 4) is 11.5 Å². The second-order valence-corrected chi connectivity index (χ2v) is 10.4. The zero-order valence-corrected chi connectivity index (χ0v) is 21.6. The molecule has 200 valence electrons. The smallest absolute Gasteiger partial charge is 0.305 e. The number of rotatable bonds is 10. The topological polar surface area (TPSA) is 71.5 Å². The Hall–Kier alpha value is -3.00. The Bertz CT molecular complexity index is 1070. The van der Waals surface area contributed by atoms with Crippen molar-refractivity contribution in [2.45, 2.75) is 57.3 Å². The molecule has 0 aromatic heterocycles. The number of aliphatic carboxylic acids is 1. The van der Waals surface area contributed by atoms with Crippen LogP contribution in [0.15, 0.2) is 42.5 Å². The molecule has 1 aliphatic carbocycles. The van der Waals surface area contributed by atoms with Gasteiger partial charge in [0.1, 0.15) is 23.4 Å². The van der Waals surface area contributed by atoms with E-state index in [0.29, 0.717) is 43.6 Å². The molecule has 5 rings (SSSR count). The van der Waals surface area contributed by atoms with E-state index in [4.69, 9.17) is 14.2 Å². The molecule has 7 nitrogen and oxygen atoms in total. The monoisotopic (exact) mass is 512 g/mol. The van der Waals surface area contributed by atoms with Gasteiger partial charge in [0.15, 0.2) is 0 Å². The second-order valence-electron chi connectivity index (χ2n) is 10.4. The van der Waals surface area contributed by atoms with Gasteiger partial charge in [-0.15, -0.1) is 0 Å². The second kappa shape index (κ2) is 11.2. The summed E-state index contributed by atoms with van der Waals surface area (Å²) in [5.74, 6) is 1.28. The molecule has 3 atom stereocenters. The molecule has 2 aromatic rings. The summed E-state index contributed by atoms with van der Waals surface area (Å²) in [6, 6.07) is 12.8. The van der Waals surface area contributed by atoms with Crippen molar-refractivity contribution in [1.82, 2.24) is 0 Å². The van der Waals surface area contributed by atoms with Crippen molar-refractivity contribution in [3.05, 3.63) is 48.3 Å². The number of ether oxygens (including phenoxy) is 3. The van der Waals surface area contributed by atoms with Crippen LogP contribution in [-0.4, -0.2) is 62.7 Å². The van der Waals surface area contributed by atoms with E-state index in [0.717, 1.165) is 37.1 Å². The van der Waals surface area contributed by atoms with Crippen molar-refractivity contribution >= 4 is 17.3 Å². The minimum absolute atomic E-state index is 0.0528. The number of hydrogen-bond donors (Lipinski definition) is 1. The van der Waals surface area contributed by atoms with Crippen molar-refractivity contribution in [2.24, 2.45) is 11.8 Å². The number of methoxy groups -OCH3 is 1. The van der Waals surface area contributed by atoms with Crippen LogP contribution in [0.2, 0.25) is 0 Å². The summed E-state index contributed by atoms with van der Waals surface area (Å²) >= 11 is 0. The van der Waals surface area contributed by atoms with E-state index in [1.54, 1.807) is 19.2 Å². The first-order chi connectivity index (χ1) is 18.0. The fraction of sp³-hybridized carbons (Fsp3) is 0.552. The molecule has 3 aliphatic rings. The van der Waals surface area contributed by atoms with Gasteiger partial charge in [-0.05, 0) is 62.1 Å². The van der Waals surface area contributed by atoms with Crippen LogP contribution >= 0.6 is 0 Å². The van der Waals surface area contributed by atoms with E-state index in [1.165, 1.54) is 6.07 Å². The third kappa shape index (κ3) is 5.79. The average Bonchev–Trinajstić information content (AvgIpc) is 3.67. The van der Waals surface area contributed by atoms with Crippen LogP contribution in [0.1, 0.15) is 39.0 Å². The summed E-state index contributed by atoms with van der Waals surface area (Å²) in [5, 5.41) is 9.57. The van der Waals surface area contributed by atoms with Crippen molar-refractivity contribution < 1.29 is 28.5 Å². The Balaban J connectivity index is 1.20. The van der Waals surface area contributed by atoms with Crippen molar-refractivity contribution in [1.29, 1.82) is 0 Å². The van der Waals surface area contributed by atoms with Crippen LogP contribution in [0.3, 0.4) is 0 Å². The molecule has 8 heteroatoms. The molecule has 2 aromatic carbocycles. The number of nitrogens with zero attached hydrogens (tertiary/aromatic N) is 2. The molecule has 0 amide bonds. The summed E-state index contributed by atoms with van der Waals surface area (Å²) in [6.45, 7) is 4.59. The maximum Gasteiger partial charge on any atom is 0.305 e. The van der Waals surface area contributed by atoms with E-state index in [2.05, 4.69) is 9.80 Å². The first-order valence-corrected chi connectivity index (χ1v) is 13.4. The molecular weight excluding hydrogens is 475 g/mol. The van der Waals surface area contributed by atoms with Gasteiger partial charge in [-0.3, -0.25) is 4.79 Å². The normalized spacial score (nSPS) is 24.4. The van der Waals surface area contributed by atoms with Crippen LogP contribution in [0.4, 0.5) is 15.8 Å². The largest absolute Gasteiger partial charge is 0.494 e. The number of carbonyl (C=O) groups is 1. The molecular formula is C29H37FN2O5. The predicted molar refractivity (Wildman–Crippen MR) is 140 cm³/mol. The first kappa shape index (κ1) is 25.6. The Kier molecular flexibility index (Phi) is 7.74. The minimum Gasteiger partial charge on any atom is -0.494 e. The molecule has 0 spiro atoms. The van der Waals surface area contributed by atoms with Crippen molar-refractivity contribution in [3.63, 3.8) is 0 Å². The zero-order chi connectivity index (χ0) is 25.9. The number of benzene rings is 2. The molecule has 3 fully saturated rings. The SMILES string of the molecule is CCOc1ccc(F)c(N2CCC(Oc3ccc(N4C[C@H](OC)[C@@H](C5CC5)[C@@H]4CC(=O)O)cc3)CC2)c1. The predicted octanol–water partition coefficient (Wildman–Crippen LogP) is 4.98. The Morgan fingerprint density at radius 3 is 2.38 bits per heavy atom. The Morgan fingerprint density at radius 2 is 1.76 bits per heavy atom. The molecule has 2 aliphatic heterocycles. The molecule has 0 bridgehead atoms. The van der Waals surface area contributed by atoms with E-state index in [1.807, 2.05) is 31.2 Å². The highest BCUT2D eigenvalue weighted by atomic mass is 19.1. The van der Waals surface area contributed by atoms with Crippen LogP contribution in [0.25, 0.3) is 0 Å². The highest BCUT2D eigenvalue weighted by molar-refractivity contribution is 5.69. The van der Waals surface area contributed by atoms with Gasteiger partial charge in [0.05, 0.1) is 24.8 Å². The number of piperidine rings is 1. The van der Waals surface area contributed by atoms with Crippen LogP contribution < -0.4 is 19.3 Å². The summed E-state index contributed by atoms with van der Waals surface area (Å²) in [5.41, 5.74) is 1.58. The average molecular weight is 513 g/mol. The van der Waals surface area contributed by atoms with E-state index >= 15 is 0 Å². The van der Waals surface area contributed by atoms with Crippen molar-refractivity contribution in [2.75, 3.05) is 43.2 Å². The van der Waals surface area contributed by atoms with E-state index in [9.17, 15) is 14.3 Å². The van der Waals surface area contributed by atoms with Crippen LogP contribution in [-0.2, 0) is 9.53 Å². The summed E-state index contributed by atoms with van der Waals surface area (Å²) < 4.78 is 32.0. The number of carboxylic acids is 1. The molecule has 2 heterocycles. The highest BCUT2D eigenvalue weighted by Crippen LogP contribution is 2.47. The summed E-state index contributed by atoms with van der Waals surface area (Å²) in [4.78, 5) is 15.9. The lowest BCUT2D eigenvalue weighted by Crippen LogP contribution is -2.38.